The minimum Gasteiger partial charge on any atom is -0.481 e. The fourth-order valence-electron chi connectivity index (χ4n) is 7.11. The maximum absolute atomic E-state index is 14.8. The number of ether oxygens (including phenoxy) is 1. The van der Waals surface area contributed by atoms with Gasteiger partial charge in [0.15, 0.2) is 0 Å². The van der Waals surface area contributed by atoms with Crippen LogP contribution >= 0.6 is 0 Å². The number of carbonyl (C=O) groups excluding carboxylic acids is 3. The lowest BCUT2D eigenvalue weighted by Crippen LogP contribution is -2.58. The van der Waals surface area contributed by atoms with E-state index in [1.165, 1.54) is 4.90 Å². The summed E-state index contributed by atoms with van der Waals surface area (Å²) in [6.07, 6.45) is 0.491. The highest BCUT2D eigenvalue weighted by Gasteiger charge is 2.50. The summed E-state index contributed by atoms with van der Waals surface area (Å²) in [6, 6.07) is 22.6. The van der Waals surface area contributed by atoms with Gasteiger partial charge < -0.3 is 19.6 Å². The molecule has 0 aliphatic carbocycles. The van der Waals surface area contributed by atoms with Gasteiger partial charge >= 0.3 is 12.1 Å². The highest BCUT2D eigenvalue weighted by atomic mass is 16.6. The summed E-state index contributed by atoms with van der Waals surface area (Å²) in [5.41, 5.74) is 3.66. The molecular formula is C36H39N3O6. The molecular weight excluding hydrogens is 570 g/mol. The van der Waals surface area contributed by atoms with Crippen LogP contribution in [-0.4, -0.2) is 69.1 Å². The van der Waals surface area contributed by atoms with E-state index in [0.29, 0.717) is 31.5 Å². The van der Waals surface area contributed by atoms with Crippen LogP contribution in [0.15, 0.2) is 78.9 Å². The van der Waals surface area contributed by atoms with E-state index in [1.54, 1.807) is 30.6 Å². The predicted octanol–water partition coefficient (Wildman–Crippen LogP) is 5.17. The fourth-order valence-corrected chi connectivity index (χ4v) is 7.11. The molecule has 4 atom stereocenters. The fraction of sp³-hybridized carbons (Fsp3) is 0.389. The quantitative estimate of drug-likeness (QED) is 0.428. The van der Waals surface area contributed by atoms with Crippen LogP contribution in [0.5, 0.6) is 0 Å². The number of carbonyl (C=O) groups is 4. The topological polar surface area (TPSA) is 107 Å². The van der Waals surface area contributed by atoms with Gasteiger partial charge in [0.05, 0.1) is 12.1 Å². The standard InChI is InChI=1S/C36H39N3O6/c1-36(2,3)45-35(44)39-29-16-10-9-14-25(29)20-30(39)33(42)37-18-17-28(23-11-5-4-6-12-23)32(37)34(43)38-22-26-15-8-7-13-24(26)19-27(38)21-31(40)41/h4-16,27-28,30,32H,17-22H2,1-3H3,(H,40,41)/t27?,28-,30+,32+/m0/s1. The number of hydrogen-bond acceptors (Lipinski definition) is 5. The Kier molecular flexibility index (Phi) is 8.12. The van der Waals surface area contributed by atoms with Gasteiger partial charge in [0.1, 0.15) is 17.7 Å². The molecule has 0 saturated carbocycles. The molecule has 3 heterocycles. The highest BCUT2D eigenvalue weighted by Crippen LogP contribution is 2.40. The monoisotopic (exact) mass is 609 g/mol. The minimum absolute atomic E-state index is 0.193. The van der Waals surface area contributed by atoms with Crippen LogP contribution in [0.3, 0.4) is 0 Å². The molecule has 1 N–H and O–H groups in total. The lowest BCUT2D eigenvalue weighted by atomic mass is 9.87. The number of rotatable bonds is 5. The van der Waals surface area contributed by atoms with Crippen LogP contribution in [0.2, 0.25) is 0 Å². The van der Waals surface area contributed by atoms with E-state index in [1.807, 2.05) is 78.9 Å². The minimum atomic E-state index is -0.979. The lowest BCUT2D eigenvalue weighted by molar-refractivity contribution is -0.149. The summed E-state index contributed by atoms with van der Waals surface area (Å²) in [4.78, 5) is 59.7. The summed E-state index contributed by atoms with van der Waals surface area (Å²) in [7, 11) is 0. The van der Waals surface area contributed by atoms with Gasteiger partial charge in [-0.2, -0.15) is 0 Å². The second-order valence-electron chi connectivity index (χ2n) is 13.2. The van der Waals surface area contributed by atoms with Crippen LogP contribution in [0.1, 0.15) is 61.8 Å². The molecule has 0 spiro atoms. The first-order valence-electron chi connectivity index (χ1n) is 15.6. The number of nitrogens with zero attached hydrogens (tertiary/aromatic N) is 3. The second-order valence-corrected chi connectivity index (χ2v) is 13.2. The van der Waals surface area contributed by atoms with Gasteiger partial charge in [-0.15, -0.1) is 0 Å². The van der Waals surface area contributed by atoms with Crippen LogP contribution in [-0.2, 0) is 38.5 Å². The summed E-state index contributed by atoms with van der Waals surface area (Å²) in [6.45, 7) is 5.96. The largest absolute Gasteiger partial charge is 0.481 e. The first-order valence-corrected chi connectivity index (χ1v) is 15.6. The number of amides is 3. The molecule has 45 heavy (non-hydrogen) atoms. The van der Waals surface area contributed by atoms with Gasteiger partial charge in [0.25, 0.3) is 0 Å². The number of likely N-dealkylation sites (tertiary alicyclic amines) is 1. The average molecular weight is 610 g/mol. The Labute approximate surface area is 263 Å². The summed E-state index contributed by atoms with van der Waals surface area (Å²) in [5, 5.41) is 9.79. The third-order valence-corrected chi connectivity index (χ3v) is 9.06. The van der Waals surface area contributed by atoms with Gasteiger partial charge in [-0.1, -0.05) is 72.8 Å². The third kappa shape index (κ3) is 6.03. The van der Waals surface area contributed by atoms with Gasteiger partial charge in [0, 0.05) is 31.5 Å². The number of para-hydroxylation sites is 1. The van der Waals surface area contributed by atoms with Gasteiger partial charge in [-0.05, 0) is 61.9 Å². The molecule has 3 amide bonds. The van der Waals surface area contributed by atoms with Crippen molar-refractivity contribution in [2.75, 3.05) is 11.4 Å². The zero-order valence-corrected chi connectivity index (χ0v) is 25.9. The second kappa shape index (κ2) is 12.0. The third-order valence-electron chi connectivity index (χ3n) is 9.06. The Bertz CT molecular complexity index is 1620. The maximum atomic E-state index is 14.8. The molecule has 9 nitrogen and oxygen atoms in total. The van der Waals surface area contributed by atoms with Gasteiger partial charge in [-0.25, -0.2) is 4.79 Å². The van der Waals surface area contributed by atoms with E-state index in [0.717, 1.165) is 22.3 Å². The van der Waals surface area contributed by atoms with Crippen molar-refractivity contribution in [1.29, 1.82) is 0 Å². The maximum Gasteiger partial charge on any atom is 0.415 e. The number of carboxylic acids is 1. The Morgan fingerprint density at radius 2 is 1.44 bits per heavy atom. The smallest absolute Gasteiger partial charge is 0.415 e. The molecule has 0 radical (unpaired) electrons. The van der Waals surface area contributed by atoms with Crippen molar-refractivity contribution >= 4 is 29.6 Å². The van der Waals surface area contributed by atoms with Crippen molar-refractivity contribution in [2.45, 2.75) is 82.6 Å². The summed E-state index contributed by atoms with van der Waals surface area (Å²) in [5.74, 6) is -1.85. The van der Waals surface area contributed by atoms with Gasteiger partial charge in [-0.3, -0.25) is 19.3 Å². The van der Waals surface area contributed by atoms with Crippen LogP contribution < -0.4 is 4.90 Å². The van der Waals surface area contributed by atoms with E-state index in [9.17, 15) is 24.3 Å². The first kappa shape index (κ1) is 30.4. The molecule has 1 saturated heterocycles. The van der Waals surface area contributed by atoms with Crippen molar-refractivity contribution < 1.29 is 29.0 Å². The Morgan fingerprint density at radius 3 is 2.13 bits per heavy atom. The summed E-state index contributed by atoms with van der Waals surface area (Å²) >= 11 is 0. The van der Waals surface area contributed by atoms with Crippen molar-refractivity contribution in [3.05, 3.63) is 101 Å². The molecule has 0 aromatic heterocycles. The number of anilines is 1. The predicted molar refractivity (Wildman–Crippen MR) is 169 cm³/mol. The molecule has 9 heteroatoms. The Morgan fingerprint density at radius 1 is 0.800 bits per heavy atom. The van der Waals surface area contributed by atoms with E-state index < -0.39 is 35.8 Å². The van der Waals surface area contributed by atoms with Crippen LogP contribution in [0.4, 0.5) is 10.5 Å². The van der Waals surface area contributed by atoms with Crippen molar-refractivity contribution in [3.8, 4) is 0 Å². The van der Waals surface area contributed by atoms with E-state index >= 15 is 0 Å². The molecule has 6 rings (SSSR count). The van der Waals surface area contributed by atoms with Crippen molar-refractivity contribution in [1.82, 2.24) is 9.80 Å². The number of hydrogen-bond donors (Lipinski definition) is 1. The van der Waals surface area contributed by atoms with Crippen molar-refractivity contribution in [3.63, 3.8) is 0 Å². The molecule has 3 aromatic rings. The number of carboxylic acid groups (broad SMARTS) is 1. The first-order chi connectivity index (χ1) is 21.5. The Balaban J connectivity index is 1.37. The normalized spacial score (nSPS) is 22.5. The molecule has 1 fully saturated rings. The molecule has 3 aliphatic heterocycles. The molecule has 234 valence electrons. The highest BCUT2D eigenvalue weighted by molar-refractivity contribution is 6.02. The zero-order valence-electron chi connectivity index (χ0n) is 25.9. The van der Waals surface area contributed by atoms with E-state index in [2.05, 4.69) is 0 Å². The zero-order chi connectivity index (χ0) is 31.9. The number of fused-ring (bicyclic) bond motifs is 2. The van der Waals surface area contributed by atoms with E-state index in [-0.39, 0.29) is 30.7 Å². The SMILES string of the molecule is CC(C)(C)OC(=O)N1c2ccccc2C[C@@H]1C(=O)N1CC[C@@H](c2ccccc2)[C@@H]1C(=O)N1Cc2ccccc2CC1CC(=O)O. The lowest BCUT2D eigenvalue weighted by Gasteiger charge is -2.41. The molecule has 1 unspecified atom stereocenters. The summed E-state index contributed by atoms with van der Waals surface area (Å²) < 4.78 is 5.75. The molecule has 3 aromatic carbocycles. The molecule has 0 bridgehead atoms. The number of benzene rings is 3. The van der Waals surface area contributed by atoms with Crippen LogP contribution in [0, 0.1) is 0 Å². The Hall–Kier alpha value is -4.66. The van der Waals surface area contributed by atoms with Crippen LogP contribution in [0.25, 0.3) is 0 Å². The van der Waals surface area contributed by atoms with Gasteiger partial charge in [0.2, 0.25) is 11.8 Å². The molecule has 3 aliphatic rings. The number of aliphatic carboxylic acids is 1. The average Bonchev–Trinajstić information content (AvgIpc) is 3.62. The van der Waals surface area contributed by atoms with Crippen molar-refractivity contribution in [2.24, 2.45) is 0 Å². The van der Waals surface area contributed by atoms with E-state index in [4.69, 9.17) is 4.74 Å².